The Labute approximate surface area is 167 Å². The number of nitrogens with zero attached hydrogens (tertiary/aromatic N) is 1. The summed E-state index contributed by atoms with van der Waals surface area (Å²) in [4.78, 5) is 29.1. The summed E-state index contributed by atoms with van der Waals surface area (Å²) in [7, 11) is 0. The van der Waals surface area contributed by atoms with Gasteiger partial charge >= 0.3 is 0 Å². The molecular formula is C23H17N3O3. The fourth-order valence-electron chi connectivity index (χ4n) is 2.84. The zero-order valence-electron chi connectivity index (χ0n) is 15.3. The third kappa shape index (κ3) is 4.06. The summed E-state index contributed by atoms with van der Waals surface area (Å²) in [5.41, 5.74) is 7.06. The van der Waals surface area contributed by atoms with Gasteiger partial charge in [0.15, 0.2) is 5.76 Å². The van der Waals surface area contributed by atoms with E-state index in [4.69, 9.17) is 4.42 Å². The first-order chi connectivity index (χ1) is 14.2. The first-order valence-corrected chi connectivity index (χ1v) is 8.99. The van der Waals surface area contributed by atoms with E-state index in [1.807, 2.05) is 36.4 Å². The van der Waals surface area contributed by atoms with Crippen LogP contribution in [0.4, 0.5) is 0 Å². The van der Waals surface area contributed by atoms with Crippen LogP contribution in [0.2, 0.25) is 0 Å². The lowest BCUT2D eigenvalue weighted by Crippen LogP contribution is -2.41. The molecule has 0 fully saturated rings. The second-order valence-corrected chi connectivity index (χ2v) is 6.22. The monoisotopic (exact) mass is 383 g/mol. The van der Waals surface area contributed by atoms with Crippen molar-refractivity contribution in [1.29, 1.82) is 0 Å². The van der Waals surface area contributed by atoms with Gasteiger partial charge in [0.25, 0.3) is 11.8 Å². The Morgan fingerprint density at radius 2 is 1.34 bits per heavy atom. The number of hydrogen-bond acceptors (Lipinski definition) is 4. The standard InChI is InChI=1S/C23H17N3O3/c27-21(17-11-5-2-6-12-17)25-26-22(28)18-13-7-8-14-19(18)23-24-15-20(29-23)16-9-3-1-4-10-16/h1-15H,(H,25,27)(H,26,28). The van der Waals surface area contributed by atoms with Crippen LogP contribution in [0.15, 0.2) is 95.5 Å². The van der Waals surface area contributed by atoms with Gasteiger partial charge < -0.3 is 4.42 Å². The van der Waals surface area contributed by atoms with Crippen molar-refractivity contribution in [3.8, 4) is 22.8 Å². The molecule has 1 aromatic heterocycles. The molecule has 29 heavy (non-hydrogen) atoms. The molecule has 0 unspecified atom stereocenters. The van der Waals surface area contributed by atoms with Gasteiger partial charge in [-0.1, -0.05) is 60.7 Å². The molecular weight excluding hydrogens is 366 g/mol. The molecule has 2 amide bonds. The summed E-state index contributed by atoms with van der Waals surface area (Å²) in [5, 5.41) is 0. The molecule has 1 heterocycles. The third-order valence-electron chi connectivity index (χ3n) is 4.29. The van der Waals surface area contributed by atoms with Crippen molar-refractivity contribution < 1.29 is 14.0 Å². The molecule has 2 N–H and O–H groups in total. The highest BCUT2D eigenvalue weighted by Gasteiger charge is 2.17. The van der Waals surface area contributed by atoms with Gasteiger partial charge in [0.05, 0.1) is 11.8 Å². The molecule has 0 bridgehead atoms. The predicted octanol–water partition coefficient (Wildman–Crippen LogP) is 4.08. The van der Waals surface area contributed by atoms with Crippen molar-refractivity contribution in [2.45, 2.75) is 0 Å². The number of carbonyl (C=O) groups is 2. The molecule has 0 aliphatic heterocycles. The van der Waals surface area contributed by atoms with Gasteiger partial charge in [-0.15, -0.1) is 0 Å². The Hall–Kier alpha value is -4.19. The number of carbonyl (C=O) groups excluding carboxylic acids is 2. The molecule has 142 valence electrons. The summed E-state index contributed by atoms with van der Waals surface area (Å²) >= 11 is 0. The third-order valence-corrected chi connectivity index (χ3v) is 4.29. The molecule has 0 aliphatic carbocycles. The minimum Gasteiger partial charge on any atom is -0.436 e. The van der Waals surface area contributed by atoms with E-state index in [2.05, 4.69) is 15.8 Å². The van der Waals surface area contributed by atoms with Gasteiger partial charge in [0, 0.05) is 16.7 Å². The van der Waals surface area contributed by atoms with Crippen LogP contribution in [0.25, 0.3) is 22.8 Å². The smallest absolute Gasteiger partial charge is 0.270 e. The first kappa shape index (κ1) is 18.2. The van der Waals surface area contributed by atoms with Gasteiger partial charge in [-0.05, 0) is 24.3 Å². The minimum atomic E-state index is -0.468. The Kier molecular flexibility index (Phi) is 5.16. The van der Waals surface area contributed by atoms with Crippen LogP contribution in [-0.2, 0) is 0 Å². The second-order valence-electron chi connectivity index (χ2n) is 6.22. The Balaban J connectivity index is 1.53. The predicted molar refractivity (Wildman–Crippen MR) is 109 cm³/mol. The second kappa shape index (κ2) is 8.22. The van der Waals surface area contributed by atoms with Crippen molar-refractivity contribution in [1.82, 2.24) is 15.8 Å². The maximum absolute atomic E-state index is 12.7. The number of aromatic nitrogens is 1. The molecule has 4 rings (SSSR count). The SMILES string of the molecule is O=C(NNC(=O)c1ccccc1-c1ncc(-c2ccccc2)o1)c1ccccc1. The van der Waals surface area contributed by atoms with Gasteiger partial charge in [0.1, 0.15) is 0 Å². The van der Waals surface area contributed by atoms with Crippen LogP contribution >= 0.6 is 0 Å². The molecule has 0 radical (unpaired) electrons. The van der Waals surface area contributed by atoms with E-state index in [1.165, 1.54) is 0 Å². The van der Waals surface area contributed by atoms with Gasteiger partial charge in [0.2, 0.25) is 5.89 Å². The highest BCUT2D eigenvalue weighted by atomic mass is 16.4. The number of benzene rings is 3. The Morgan fingerprint density at radius 3 is 2.10 bits per heavy atom. The highest BCUT2D eigenvalue weighted by Crippen LogP contribution is 2.28. The molecule has 4 aromatic rings. The number of hydrazine groups is 1. The summed E-state index contributed by atoms with van der Waals surface area (Å²) in [5.74, 6) is 0.0560. The Morgan fingerprint density at radius 1 is 0.724 bits per heavy atom. The lowest BCUT2D eigenvalue weighted by molar-refractivity contribution is 0.0847. The van der Waals surface area contributed by atoms with E-state index in [-0.39, 0.29) is 0 Å². The van der Waals surface area contributed by atoms with Gasteiger partial charge in [-0.2, -0.15) is 0 Å². The van der Waals surface area contributed by atoms with Crippen LogP contribution in [0, 0.1) is 0 Å². The summed E-state index contributed by atoms with van der Waals surface area (Å²) in [6, 6.07) is 25.1. The lowest BCUT2D eigenvalue weighted by atomic mass is 10.1. The van der Waals surface area contributed by atoms with Crippen LogP contribution in [-0.4, -0.2) is 16.8 Å². The van der Waals surface area contributed by atoms with E-state index in [1.54, 1.807) is 54.7 Å². The van der Waals surface area contributed by atoms with Crippen molar-refractivity contribution in [3.05, 3.63) is 102 Å². The van der Waals surface area contributed by atoms with Crippen LogP contribution in [0.1, 0.15) is 20.7 Å². The zero-order chi connectivity index (χ0) is 20.1. The lowest BCUT2D eigenvalue weighted by Gasteiger charge is -2.09. The molecule has 0 saturated carbocycles. The summed E-state index contributed by atoms with van der Waals surface area (Å²) in [6.45, 7) is 0. The Bertz CT molecular complexity index is 1140. The van der Waals surface area contributed by atoms with Crippen molar-refractivity contribution in [2.24, 2.45) is 0 Å². The molecule has 0 spiro atoms. The number of amides is 2. The zero-order valence-corrected chi connectivity index (χ0v) is 15.3. The molecule has 0 aliphatic rings. The van der Waals surface area contributed by atoms with Crippen LogP contribution < -0.4 is 10.9 Å². The first-order valence-electron chi connectivity index (χ1n) is 8.99. The molecule has 6 nitrogen and oxygen atoms in total. The van der Waals surface area contributed by atoms with Gasteiger partial charge in [-0.25, -0.2) is 4.98 Å². The fraction of sp³-hybridized carbons (Fsp3) is 0. The summed E-state index contributed by atoms with van der Waals surface area (Å²) < 4.78 is 5.86. The summed E-state index contributed by atoms with van der Waals surface area (Å²) in [6.07, 6.45) is 1.62. The normalized spacial score (nSPS) is 10.3. The average molecular weight is 383 g/mol. The number of nitrogens with one attached hydrogen (secondary N) is 2. The van der Waals surface area contributed by atoms with Crippen molar-refractivity contribution >= 4 is 11.8 Å². The molecule has 0 saturated heterocycles. The largest absolute Gasteiger partial charge is 0.436 e. The average Bonchev–Trinajstić information content (AvgIpc) is 3.28. The van der Waals surface area contributed by atoms with E-state index in [9.17, 15) is 9.59 Å². The quantitative estimate of drug-likeness (QED) is 0.520. The van der Waals surface area contributed by atoms with Gasteiger partial charge in [-0.3, -0.25) is 20.4 Å². The van der Waals surface area contributed by atoms with Crippen LogP contribution in [0.3, 0.4) is 0 Å². The molecule has 3 aromatic carbocycles. The van der Waals surface area contributed by atoms with E-state index < -0.39 is 11.8 Å². The van der Waals surface area contributed by atoms with E-state index >= 15 is 0 Å². The maximum atomic E-state index is 12.7. The molecule has 0 atom stereocenters. The number of oxazole rings is 1. The molecule has 6 heteroatoms. The van der Waals surface area contributed by atoms with Crippen LogP contribution in [0.5, 0.6) is 0 Å². The highest BCUT2D eigenvalue weighted by molar-refractivity contribution is 6.02. The number of rotatable bonds is 4. The topological polar surface area (TPSA) is 84.2 Å². The van der Waals surface area contributed by atoms with E-state index in [0.717, 1.165) is 5.56 Å². The van der Waals surface area contributed by atoms with E-state index in [0.29, 0.717) is 28.3 Å². The van der Waals surface area contributed by atoms with Crippen molar-refractivity contribution in [3.63, 3.8) is 0 Å². The van der Waals surface area contributed by atoms with Crippen molar-refractivity contribution in [2.75, 3.05) is 0 Å². The minimum absolute atomic E-state index is 0.323. The maximum Gasteiger partial charge on any atom is 0.270 e. The number of hydrogen-bond donors (Lipinski definition) is 2. The fourth-order valence-corrected chi connectivity index (χ4v) is 2.84.